The molecule has 0 radical (unpaired) electrons. The van der Waals surface area contributed by atoms with E-state index in [-0.39, 0.29) is 17.2 Å². The Morgan fingerprint density at radius 2 is 2.05 bits per heavy atom. The second-order valence-corrected chi connectivity index (χ2v) is 4.63. The van der Waals surface area contributed by atoms with Crippen LogP contribution in [0.25, 0.3) is 0 Å². The van der Waals surface area contributed by atoms with Gasteiger partial charge in [0.25, 0.3) is 0 Å². The van der Waals surface area contributed by atoms with Gasteiger partial charge in [-0.1, -0.05) is 18.2 Å². The zero-order valence-electron chi connectivity index (χ0n) is 10.9. The number of hydrogen-bond acceptors (Lipinski definition) is 5. The van der Waals surface area contributed by atoms with Crippen LogP contribution in [0.1, 0.15) is 16.1 Å². The lowest BCUT2D eigenvalue weighted by atomic mass is 10.2. The van der Waals surface area contributed by atoms with Gasteiger partial charge in [-0.3, -0.25) is 10.1 Å². The van der Waals surface area contributed by atoms with Crippen LogP contribution < -0.4 is 4.90 Å². The molecule has 7 nitrogen and oxygen atoms in total. The zero-order chi connectivity index (χ0) is 15.0. The number of fused-ring (bicyclic) bond motifs is 1. The van der Waals surface area contributed by atoms with E-state index >= 15 is 0 Å². The van der Waals surface area contributed by atoms with Crippen molar-refractivity contribution in [3.63, 3.8) is 0 Å². The Morgan fingerprint density at radius 1 is 1.29 bits per heavy atom. The molecule has 0 spiro atoms. The number of nitro groups is 1. The van der Waals surface area contributed by atoms with Crippen LogP contribution in [0.2, 0.25) is 0 Å². The number of carboxylic acid groups (broad SMARTS) is 1. The molecule has 0 atom stereocenters. The van der Waals surface area contributed by atoms with Gasteiger partial charge in [0.1, 0.15) is 0 Å². The quantitative estimate of drug-likeness (QED) is 0.687. The highest BCUT2D eigenvalue weighted by atomic mass is 16.6. The minimum absolute atomic E-state index is 0.0739. The van der Waals surface area contributed by atoms with Crippen molar-refractivity contribution in [2.24, 2.45) is 0 Å². The summed E-state index contributed by atoms with van der Waals surface area (Å²) < 4.78 is 0. The van der Waals surface area contributed by atoms with E-state index in [0.29, 0.717) is 6.54 Å². The van der Waals surface area contributed by atoms with Gasteiger partial charge in [0, 0.05) is 18.3 Å². The van der Waals surface area contributed by atoms with E-state index in [4.69, 9.17) is 5.11 Å². The third kappa shape index (κ3) is 2.18. The second-order valence-electron chi connectivity index (χ2n) is 4.63. The highest BCUT2D eigenvalue weighted by molar-refractivity contribution is 5.87. The number of hydrogen-bond donors (Lipinski definition) is 1. The van der Waals surface area contributed by atoms with Gasteiger partial charge in [-0.15, -0.1) is 0 Å². The molecule has 1 aliphatic rings. The molecule has 2 heterocycles. The van der Waals surface area contributed by atoms with E-state index in [9.17, 15) is 14.9 Å². The van der Waals surface area contributed by atoms with Crippen molar-refractivity contribution in [1.82, 2.24) is 4.98 Å². The molecule has 21 heavy (non-hydrogen) atoms. The Balaban J connectivity index is 2.15. The maximum absolute atomic E-state index is 11.2. The van der Waals surface area contributed by atoms with E-state index in [0.717, 1.165) is 23.7 Å². The molecule has 1 aliphatic heterocycles. The van der Waals surface area contributed by atoms with Crippen LogP contribution in [0.5, 0.6) is 0 Å². The van der Waals surface area contributed by atoms with Crippen LogP contribution in [0.4, 0.5) is 17.2 Å². The standard InChI is InChI=1S/C14H11N3O4/c18-14(19)10-5-6-12(17(20)21)13(15-10)16-8-7-9-3-1-2-4-11(9)16/h1-6H,7-8H2,(H,18,19). The molecule has 0 saturated carbocycles. The maximum atomic E-state index is 11.2. The molecule has 1 N–H and O–H groups in total. The molecule has 1 aromatic carbocycles. The van der Waals surface area contributed by atoms with Crippen LogP contribution >= 0.6 is 0 Å². The number of carboxylic acids is 1. The number of aromatic carboxylic acids is 1. The van der Waals surface area contributed by atoms with E-state index in [2.05, 4.69) is 4.98 Å². The first kappa shape index (κ1) is 13.0. The van der Waals surface area contributed by atoms with E-state index < -0.39 is 10.9 Å². The Labute approximate surface area is 119 Å². The number of nitrogens with zero attached hydrogens (tertiary/aromatic N) is 3. The van der Waals surface area contributed by atoms with Gasteiger partial charge in [-0.25, -0.2) is 9.78 Å². The number of para-hydroxylation sites is 1. The van der Waals surface area contributed by atoms with E-state index in [1.165, 1.54) is 6.07 Å². The molecule has 0 fully saturated rings. The smallest absolute Gasteiger partial charge is 0.354 e. The van der Waals surface area contributed by atoms with Crippen LogP contribution in [0, 0.1) is 10.1 Å². The third-order valence-electron chi connectivity index (χ3n) is 3.41. The monoisotopic (exact) mass is 285 g/mol. The van der Waals surface area contributed by atoms with Gasteiger partial charge in [0.2, 0.25) is 5.82 Å². The number of carbonyl (C=O) groups is 1. The summed E-state index contributed by atoms with van der Waals surface area (Å²) in [6.45, 7) is 0.538. The van der Waals surface area contributed by atoms with Gasteiger partial charge < -0.3 is 10.0 Å². The number of pyridine rings is 1. The maximum Gasteiger partial charge on any atom is 0.354 e. The van der Waals surface area contributed by atoms with Gasteiger partial charge in [-0.2, -0.15) is 0 Å². The summed E-state index contributed by atoms with van der Waals surface area (Å²) in [6.07, 6.45) is 0.742. The van der Waals surface area contributed by atoms with Crippen molar-refractivity contribution in [3.05, 3.63) is 57.8 Å². The molecule has 106 valence electrons. The number of benzene rings is 1. The minimum atomic E-state index is -1.21. The van der Waals surface area contributed by atoms with Crippen molar-refractivity contribution in [1.29, 1.82) is 0 Å². The van der Waals surface area contributed by atoms with Gasteiger partial charge in [0.05, 0.1) is 4.92 Å². The average molecular weight is 285 g/mol. The molecular weight excluding hydrogens is 274 g/mol. The molecule has 3 rings (SSSR count). The molecule has 7 heteroatoms. The average Bonchev–Trinajstić information content (AvgIpc) is 2.90. The van der Waals surface area contributed by atoms with Crippen molar-refractivity contribution >= 4 is 23.2 Å². The fourth-order valence-electron chi connectivity index (χ4n) is 2.46. The molecule has 0 unspecified atom stereocenters. The first-order chi connectivity index (χ1) is 10.1. The Hall–Kier alpha value is -2.96. The van der Waals surface area contributed by atoms with Gasteiger partial charge in [0.15, 0.2) is 5.69 Å². The SMILES string of the molecule is O=C(O)c1ccc([N+](=O)[O-])c(N2CCc3ccccc32)n1. The number of anilines is 2. The summed E-state index contributed by atoms with van der Waals surface area (Å²) in [5.41, 5.74) is 1.49. The van der Waals surface area contributed by atoms with E-state index in [1.54, 1.807) is 4.90 Å². The lowest BCUT2D eigenvalue weighted by Gasteiger charge is -2.18. The summed E-state index contributed by atoms with van der Waals surface area (Å²) >= 11 is 0. The predicted octanol–water partition coefficient (Wildman–Crippen LogP) is 2.38. The summed E-state index contributed by atoms with van der Waals surface area (Å²) in [7, 11) is 0. The summed E-state index contributed by atoms with van der Waals surface area (Å²) in [5.74, 6) is -1.14. The van der Waals surface area contributed by atoms with Crippen LogP contribution in [0.15, 0.2) is 36.4 Å². The molecular formula is C14H11N3O4. The predicted molar refractivity (Wildman–Crippen MR) is 75.0 cm³/mol. The fraction of sp³-hybridized carbons (Fsp3) is 0.143. The third-order valence-corrected chi connectivity index (χ3v) is 3.41. The summed E-state index contributed by atoms with van der Waals surface area (Å²) in [6, 6.07) is 9.87. The van der Waals surface area contributed by atoms with Gasteiger partial charge >= 0.3 is 11.7 Å². The first-order valence-electron chi connectivity index (χ1n) is 6.32. The largest absolute Gasteiger partial charge is 0.477 e. The van der Waals surface area contributed by atoms with Crippen LogP contribution in [0.3, 0.4) is 0 Å². The molecule has 0 bridgehead atoms. The molecule has 1 aromatic heterocycles. The minimum Gasteiger partial charge on any atom is -0.477 e. The summed E-state index contributed by atoms with van der Waals surface area (Å²) in [4.78, 5) is 27.3. The molecule has 0 amide bonds. The lowest BCUT2D eigenvalue weighted by Crippen LogP contribution is -2.18. The van der Waals surface area contributed by atoms with Crippen LogP contribution in [-0.4, -0.2) is 27.5 Å². The molecule has 0 aliphatic carbocycles. The molecule has 2 aromatic rings. The Bertz CT molecular complexity index is 745. The van der Waals surface area contributed by atoms with Crippen molar-refractivity contribution in [2.45, 2.75) is 6.42 Å². The number of rotatable bonds is 3. The van der Waals surface area contributed by atoms with E-state index in [1.807, 2.05) is 24.3 Å². The first-order valence-corrected chi connectivity index (χ1v) is 6.32. The molecule has 0 saturated heterocycles. The fourth-order valence-corrected chi connectivity index (χ4v) is 2.46. The second kappa shape index (κ2) is 4.86. The van der Waals surface area contributed by atoms with Crippen molar-refractivity contribution in [3.8, 4) is 0 Å². The Kier molecular flexibility index (Phi) is 3.02. The zero-order valence-corrected chi connectivity index (χ0v) is 10.9. The van der Waals surface area contributed by atoms with Crippen LogP contribution in [-0.2, 0) is 6.42 Å². The normalized spacial score (nSPS) is 13.0. The Morgan fingerprint density at radius 3 is 2.76 bits per heavy atom. The topological polar surface area (TPSA) is 96.6 Å². The highest BCUT2D eigenvalue weighted by Gasteiger charge is 2.28. The van der Waals surface area contributed by atoms with Gasteiger partial charge in [-0.05, 0) is 24.1 Å². The van der Waals surface area contributed by atoms with Crippen molar-refractivity contribution in [2.75, 3.05) is 11.4 Å². The van der Waals surface area contributed by atoms with Crippen molar-refractivity contribution < 1.29 is 14.8 Å². The number of aromatic nitrogens is 1. The lowest BCUT2D eigenvalue weighted by molar-refractivity contribution is -0.384. The highest BCUT2D eigenvalue weighted by Crippen LogP contribution is 2.37. The summed E-state index contributed by atoms with van der Waals surface area (Å²) in [5, 5.41) is 20.2.